The van der Waals surface area contributed by atoms with Crippen molar-refractivity contribution in [1.29, 1.82) is 0 Å². The molecule has 4 heterocycles. The molecule has 0 fully saturated rings. The Morgan fingerprint density at radius 3 is 1.59 bits per heavy atom. The van der Waals surface area contributed by atoms with E-state index in [-0.39, 0.29) is 0 Å². The molecule has 5 nitrogen and oxygen atoms in total. The predicted molar refractivity (Wildman–Crippen MR) is 188 cm³/mol. The number of aromatic nitrogens is 4. The van der Waals surface area contributed by atoms with Crippen LogP contribution in [0.3, 0.4) is 0 Å². The van der Waals surface area contributed by atoms with E-state index in [1.54, 1.807) is 0 Å². The molecule has 0 aliphatic carbocycles. The van der Waals surface area contributed by atoms with Crippen LogP contribution in [0.5, 0.6) is 0 Å². The first-order chi connectivity index (χ1) is 22.8. The number of nitrogens with zero attached hydrogens (tertiary/aromatic N) is 5. The van der Waals surface area contributed by atoms with Gasteiger partial charge in [-0.3, -0.25) is 4.57 Å². The van der Waals surface area contributed by atoms with Crippen LogP contribution in [0.25, 0.3) is 82.5 Å². The van der Waals surface area contributed by atoms with Crippen molar-refractivity contribution >= 4 is 49.3 Å². The first-order valence-corrected chi connectivity index (χ1v) is 15.2. The molecule has 0 amide bonds. The van der Waals surface area contributed by atoms with E-state index in [1.165, 1.54) is 21.5 Å². The summed E-state index contributed by atoms with van der Waals surface area (Å²) < 4.78 is 4.49. The highest BCUT2D eigenvalue weighted by molar-refractivity contribution is 6.11. The summed E-state index contributed by atoms with van der Waals surface area (Å²) in [5, 5.41) is 4.70. The minimum atomic E-state index is 0.554. The number of fused-ring (bicyclic) bond motifs is 6. The third kappa shape index (κ3) is 3.81. The molecule has 9 aromatic rings. The van der Waals surface area contributed by atoms with E-state index in [0.717, 1.165) is 56.1 Å². The maximum atomic E-state index is 8.16. The molecule has 0 aliphatic rings. The molecule has 9 rings (SSSR count). The Balaban J connectivity index is 1.29. The Hall–Kier alpha value is -6.51. The number of hydrogen-bond donors (Lipinski definition) is 0. The molecule has 0 radical (unpaired) electrons. The van der Waals surface area contributed by atoms with Gasteiger partial charge in [0.2, 0.25) is 0 Å². The number of benzene rings is 5. The van der Waals surface area contributed by atoms with E-state index >= 15 is 0 Å². The third-order valence-corrected chi connectivity index (χ3v) is 8.82. The third-order valence-electron chi connectivity index (χ3n) is 8.82. The molecular weight excluding hydrogens is 562 g/mol. The van der Waals surface area contributed by atoms with Crippen LogP contribution in [0.1, 0.15) is 0 Å². The van der Waals surface area contributed by atoms with E-state index in [9.17, 15) is 0 Å². The maximum Gasteiger partial charge on any atom is 0.198 e. The van der Waals surface area contributed by atoms with Gasteiger partial charge in [0.25, 0.3) is 0 Å². The van der Waals surface area contributed by atoms with Crippen molar-refractivity contribution in [3.05, 3.63) is 163 Å². The summed E-state index contributed by atoms with van der Waals surface area (Å²) in [4.78, 5) is 14.2. The average molecular weight is 588 g/mol. The van der Waals surface area contributed by atoms with Crippen molar-refractivity contribution in [2.75, 3.05) is 0 Å². The van der Waals surface area contributed by atoms with Gasteiger partial charge in [0.1, 0.15) is 5.82 Å². The Morgan fingerprint density at radius 1 is 0.478 bits per heavy atom. The second kappa shape index (κ2) is 10.3. The molecule has 0 saturated carbocycles. The second-order valence-corrected chi connectivity index (χ2v) is 11.3. The Morgan fingerprint density at radius 2 is 1.00 bits per heavy atom. The van der Waals surface area contributed by atoms with Crippen LogP contribution < -0.4 is 0 Å². The molecule has 0 saturated heterocycles. The van der Waals surface area contributed by atoms with Crippen LogP contribution in [0.2, 0.25) is 0 Å². The lowest BCUT2D eigenvalue weighted by molar-refractivity contribution is 1.08. The topological polar surface area (TPSA) is 40.0 Å². The van der Waals surface area contributed by atoms with Crippen LogP contribution >= 0.6 is 0 Å². The van der Waals surface area contributed by atoms with Crippen molar-refractivity contribution in [3.63, 3.8) is 0 Å². The summed E-state index contributed by atoms with van der Waals surface area (Å²) in [6.45, 7) is 8.16. The molecular formula is C41H25N5. The quantitative estimate of drug-likeness (QED) is 0.192. The lowest BCUT2D eigenvalue weighted by Gasteiger charge is -2.16. The molecule has 0 unspecified atom stereocenters. The van der Waals surface area contributed by atoms with Gasteiger partial charge in [0.05, 0.1) is 40.0 Å². The van der Waals surface area contributed by atoms with Gasteiger partial charge in [-0.15, -0.1) is 0 Å². The summed E-state index contributed by atoms with van der Waals surface area (Å²) in [5.41, 5.74) is 9.06. The minimum absolute atomic E-state index is 0.554. The van der Waals surface area contributed by atoms with E-state index in [2.05, 4.69) is 123 Å². The number of pyridine rings is 2. The van der Waals surface area contributed by atoms with Crippen LogP contribution in [0, 0.1) is 6.57 Å². The highest BCUT2D eigenvalue weighted by Crippen LogP contribution is 2.41. The summed E-state index contributed by atoms with van der Waals surface area (Å²) in [6.07, 6.45) is 1.83. The standard InChI is InChI=1S/C41H25N5/c1-42-33-19-11-25-39(45-35-21-6-2-13-27(35)28-14-3-7-22-36(28)45)40(33)34-20-10-18-32(44-34)31-17-12-26-43-41(31)46-37-23-8-4-15-29(37)30-16-5-9-24-38(30)46/h2-26H. The van der Waals surface area contributed by atoms with Gasteiger partial charge in [0.15, 0.2) is 5.69 Å². The number of hydrogen-bond acceptors (Lipinski definition) is 2. The van der Waals surface area contributed by atoms with Crippen LogP contribution in [-0.4, -0.2) is 19.1 Å². The van der Waals surface area contributed by atoms with Gasteiger partial charge in [-0.05, 0) is 54.6 Å². The molecule has 5 heteroatoms. The lowest BCUT2D eigenvalue weighted by Crippen LogP contribution is -2.02. The van der Waals surface area contributed by atoms with E-state index in [0.29, 0.717) is 5.69 Å². The van der Waals surface area contributed by atoms with Crippen LogP contribution in [0.15, 0.2) is 152 Å². The Labute approximate surface area is 265 Å². The molecule has 0 N–H and O–H groups in total. The van der Waals surface area contributed by atoms with E-state index < -0.39 is 0 Å². The SMILES string of the molecule is [C-]#[N+]c1cccc(-n2c3ccccc3c3ccccc32)c1-c1cccc(-c2cccnc2-n2c3ccccc3c3ccccc32)n1. The largest absolute Gasteiger partial charge is 0.310 e. The first-order valence-electron chi connectivity index (χ1n) is 15.2. The zero-order valence-corrected chi connectivity index (χ0v) is 24.7. The van der Waals surface area contributed by atoms with E-state index in [1.807, 2.05) is 42.6 Å². The molecule has 0 spiro atoms. The smallest absolute Gasteiger partial charge is 0.198 e. The fraction of sp³-hybridized carbons (Fsp3) is 0. The summed E-state index contributed by atoms with van der Waals surface area (Å²) >= 11 is 0. The van der Waals surface area contributed by atoms with Gasteiger partial charge in [-0.2, -0.15) is 0 Å². The summed E-state index contributed by atoms with van der Waals surface area (Å²) in [5.74, 6) is 0.811. The zero-order valence-electron chi connectivity index (χ0n) is 24.7. The fourth-order valence-electron chi connectivity index (χ4n) is 6.90. The maximum absolute atomic E-state index is 8.16. The first kappa shape index (κ1) is 25.9. The monoisotopic (exact) mass is 587 g/mol. The van der Waals surface area contributed by atoms with E-state index in [4.69, 9.17) is 16.5 Å². The van der Waals surface area contributed by atoms with Crippen LogP contribution in [-0.2, 0) is 0 Å². The van der Waals surface area contributed by atoms with Gasteiger partial charge in [-0.1, -0.05) is 91.0 Å². The predicted octanol–water partition coefficient (Wildman–Crippen LogP) is 10.6. The zero-order chi connectivity index (χ0) is 30.6. The summed E-state index contributed by atoms with van der Waals surface area (Å²) in [7, 11) is 0. The molecule has 46 heavy (non-hydrogen) atoms. The van der Waals surface area contributed by atoms with Crippen molar-refractivity contribution in [3.8, 4) is 34.0 Å². The fourth-order valence-corrected chi connectivity index (χ4v) is 6.90. The van der Waals surface area contributed by atoms with Gasteiger partial charge < -0.3 is 4.57 Å². The summed E-state index contributed by atoms with van der Waals surface area (Å²) in [6, 6.07) is 49.8. The normalized spacial score (nSPS) is 11.5. The number of para-hydroxylation sites is 4. The molecule has 0 atom stereocenters. The highest BCUT2D eigenvalue weighted by Gasteiger charge is 2.21. The molecule has 5 aromatic carbocycles. The van der Waals surface area contributed by atoms with Gasteiger partial charge >= 0.3 is 0 Å². The average Bonchev–Trinajstić information content (AvgIpc) is 3.64. The second-order valence-electron chi connectivity index (χ2n) is 11.3. The molecule has 0 bridgehead atoms. The molecule has 214 valence electrons. The van der Waals surface area contributed by atoms with Crippen molar-refractivity contribution < 1.29 is 0 Å². The van der Waals surface area contributed by atoms with Gasteiger partial charge in [-0.25, -0.2) is 14.8 Å². The lowest BCUT2D eigenvalue weighted by atomic mass is 10.0. The molecule has 0 aliphatic heterocycles. The number of rotatable bonds is 4. The van der Waals surface area contributed by atoms with Gasteiger partial charge in [0, 0.05) is 44.6 Å². The van der Waals surface area contributed by atoms with Crippen LogP contribution in [0.4, 0.5) is 5.69 Å². The Kier molecular flexibility index (Phi) is 5.81. The Bertz CT molecular complexity index is 2560. The highest BCUT2D eigenvalue weighted by atomic mass is 15.1. The minimum Gasteiger partial charge on any atom is -0.310 e. The van der Waals surface area contributed by atoms with Crippen molar-refractivity contribution in [2.45, 2.75) is 0 Å². The van der Waals surface area contributed by atoms with Crippen molar-refractivity contribution in [1.82, 2.24) is 19.1 Å². The van der Waals surface area contributed by atoms with Crippen molar-refractivity contribution in [2.24, 2.45) is 0 Å². The molecule has 4 aromatic heterocycles.